The zero-order valence-corrected chi connectivity index (χ0v) is 18.2. The molecular weight excluding hydrogens is 378 g/mol. The monoisotopic (exact) mass is 407 g/mol. The highest BCUT2D eigenvalue weighted by atomic mass is 16.5. The lowest BCUT2D eigenvalue weighted by Gasteiger charge is -2.21. The van der Waals surface area contributed by atoms with Crippen LogP contribution in [0.15, 0.2) is 54.2 Å². The standard InChI is InChI=1S/C24H29N3O3/c1-6-26(7-2)18-14-12-17(13-15-18)25-22-21(19-10-8-9-11-20(19)30-5)23(28)27(16(3)4)24(22)29/h8-16,25H,6-7H2,1-5H3. The summed E-state index contributed by atoms with van der Waals surface area (Å²) in [4.78, 5) is 29.9. The molecule has 6 heteroatoms. The summed E-state index contributed by atoms with van der Waals surface area (Å²) in [5, 5.41) is 3.20. The number of nitrogens with one attached hydrogen (secondary N) is 1. The molecule has 0 saturated heterocycles. The SMILES string of the molecule is CCN(CC)c1ccc(NC2=C(c3ccccc3OC)C(=O)N(C(C)C)C2=O)cc1. The molecule has 0 spiro atoms. The summed E-state index contributed by atoms with van der Waals surface area (Å²) in [7, 11) is 1.56. The Balaban J connectivity index is 2.04. The van der Waals surface area contributed by atoms with E-state index in [9.17, 15) is 9.59 Å². The summed E-state index contributed by atoms with van der Waals surface area (Å²) < 4.78 is 5.45. The van der Waals surface area contributed by atoms with Gasteiger partial charge in [0.1, 0.15) is 11.4 Å². The third kappa shape index (κ3) is 3.90. The van der Waals surface area contributed by atoms with Gasteiger partial charge in [-0.3, -0.25) is 14.5 Å². The van der Waals surface area contributed by atoms with Crippen LogP contribution in [0.25, 0.3) is 5.57 Å². The number of benzene rings is 2. The molecule has 1 N–H and O–H groups in total. The van der Waals surface area contributed by atoms with Crippen molar-refractivity contribution in [2.75, 3.05) is 30.4 Å². The summed E-state index contributed by atoms with van der Waals surface area (Å²) in [6, 6.07) is 14.9. The lowest BCUT2D eigenvalue weighted by atomic mass is 10.0. The molecule has 0 saturated carbocycles. The first kappa shape index (κ1) is 21.4. The van der Waals surface area contributed by atoms with E-state index in [1.54, 1.807) is 19.2 Å². The number of hydrogen-bond acceptors (Lipinski definition) is 5. The summed E-state index contributed by atoms with van der Waals surface area (Å²) >= 11 is 0. The minimum absolute atomic E-state index is 0.251. The van der Waals surface area contributed by atoms with Crippen LogP contribution in [0.1, 0.15) is 33.3 Å². The maximum Gasteiger partial charge on any atom is 0.278 e. The number of amides is 2. The van der Waals surface area contributed by atoms with E-state index in [1.807, 2.05) is 50.2 Å². The van der Waals surface area contributed by atoms with Gasteiger partial charge in [-0.05, 0) is 58.0 Å². The lowest BCUT2D eigenvalue weighted by molar-refractivity contribution is -0.138. The van der Waals surface area contributed by atoms with Gasteiger partial charge in [0.2, 0.25) is 0 Å². The van der Waals surface area contributed by atoms with Crippen molar-refractivity contribution in [2.24, 2.45) is 0 Å². The van der Waals surface area contributed by atoms with Gasteiger partial charge in [-0.1, -0.05) is 18.2 Å². The first-order valence-electron chi connectivity index (χ1n) is 10.3. The Morgan fingerprint density at radius 2 is 1.60 bits per heavy atom. The summed E-state index contributed by atoms with van der Waals surface area (Å²) in [5.74, 6) is -0.0964. The van der Waals surface area contributed by atoms with Crippen LogP contribution in [-0.4, -0.2) is 43.0 Å². The third-order valence-corrected chi connectivity index (χ3v) is 5.27. The van der Waals surface area contributed by atoms with E-state index < -0.39 is 0 Å². The Labute approximate surface area is 178 Å². The second kappa shape index (κ2) is 9.03. The largest absolute Gasteiger partial charge is 0.496 e. The van der Waals surface area contributed by atoms with E-state index in [-0.39, 0.29) is 23.6 Å². The van der Waals surface area contributed by atoms with Crippen LogP contribution in [0.3, 0.4) is 0 Å². The number of hydrogen-bond donors (Lipinski definition) is 1. The molecule has 0 atom stereocenters. The van der Waals surface area contributed by atoms with E-state index in [2.05, 4.69) is 24.1 Å². The second-order valence-corrected chi connectivity index (χ2v) is 7.37. The Morgan fingerprint density at radius 1 is 0.967 bits per heavy atom. The zero-order valence-electron chi connectivity index (χ0n) is 18.2. The molecule has 0 bridgehead atoms. The molecule has 0 aromatic heterocycles. The zero-order chi connectivity index (χ0) is 21.8. The number of anilines is 2. The second-order valence-electron chi connectivity index (χ2n) is 7.37. The first-order valence-corrected chi connectivity index (χ1v) is 10.3. The highest BCUT2D eigenvalue weighted by Crippen LogP contribution is 2.36. The molecule has 2 aromatic carbocycles. The number of carbonyl (C=O) groups is 2. The molecule has 2 aromatic rings. The van der Waals surface area contributed by atoms with Crippen molar-refractivity contribution in [3.63, 3.8) is 0 Å². The van der Waals surface area contributed by atoms with Crippen molar-refractivity contribution in [2.45, 2.75) is 33.7 Å². The Bertz CT molecular complexity index is 960. The van der Waals surface area contributed by atoms with Crippen LogP contribution in [0.2, 0.25) is 0 Å². The maximum atomic E-state index is 13.2. The molecule has 1 aliphatic heterocycles. The van der Waals surface area contributed by atoms with E-state index in [4.69, 9.17) is 4.74 Å². The molecule has 1 heterocycles. The molecule has 2 amide bonds. The Kier molecular flexibility index (Phi) is 6.45. The predicted octanol–water partition coefficient (Wildman–Crippen LogP) is 4.14. The molecule has 30 heavy (non-hydrogen) atoms. The number of ether oxygens (including phenoxy) is 1. The van der Waals surface area contributed by atoms with Gasteiger partial charge in [0.05, 0.1) is 12.7 Å². The molecule has 0 aliphatic carbocycles. The van der Waals surface area contributed by atoms with Crippen LogP contribution >= 0.6 is 0 Å². The molecule has 3 rings (SSSR count). The minimum Gasteiger partial charge on any atom is -0.496 e. The van der Waals surface area contributed by atoms with Crippen LogP contribution in [-0.2, 0) is 9.59 Å². The fourth-order valence-corrected chi connectivity index (χ4v) is 3.72. The van der Waals surface area contributed by atoms with Crippen molar-refractivity contribution < 1.29 is 14.3 Å². The number of para-hydroxylation sites is 1. The van der Waals surface area contributed by atoms with E-state index in [0.29, 0.717) is 16.9 Å². The molecule has 0 fully saturated rings. The lowest BCUT2D eigenvalue weighted by Crippen LogP contribution is -2.38. The van der Waals surface area contributed by atoms with Gasteiger partial charge in [-0.2, -0.15) is 0 Å². The number of nitrogens with zero attached hydrogens (tertiary/aromatic N) is 2. The molecule has 6 nitrogen and oxygen atoms in total. The Hall–Kier alpha value is -3.28. The number of carbonyl (C=O) groups excluding carboxylic acids is 2. The summed E-state index contributed by atoms with van der Waals surface area (Å²) in [6.45, 7) is 9.73. The number of rotatable bonds is 8. The van der Waals surface area contributed by atoms with Gasteiger partial charge >= 0.3 is 0 Å². The van der Waals surface area contributed by atoms with Gasteiger partial charge in [0, 0.05) is 36.1 Å². The first-order chi connectivity index (χ1) is 14.4. The summed E-state index contributed by atoms with van der Waals surface area (Å²) in [6.07, 6.45) is 0. The third-order valence-electron chi connectivity index (χ3n) is 5.27. The maximum absolute atomic E-state index is 13.2. The average Bonchev–Trinajstić information content (AvgIpc) is 2.99. The van der Waals surface area contributed by atoms with Crippen LogP contribution in [0.4, 0.5) is 11.4 Å². The molecule has 158 valence electrons. The van der Waals surface area contributed by atoms with Crippen molar-refractivity contribution in [1.82, 2.24) is 4.90 Å². The van der Waals surface area contributed by atoms with Crippen LogP contribution < -0.4 is 15.0 Å². The highest BCUT2D eigenvalue weighted by molar-refractivity contribution is 6.37. The van der Waals surface area contributed by atoms with Gasteiger partial charge < -0.3 is 15.0 Å². The van der Waals surface area contributed by atoms with Crippen molar-refractivity contribution >= 4 is 28.8 Å². The summed E-state index contributed by atoms with van der Waals surface area (Å²) in [5.41, 5.74) is 3.07. The van der Waals surface area contributed by atoms with Crippen LogP contribution in [0, 0.1) is 0 Å². The predicted molar refractivity (Wildman–Crippen MR) is 121 cm³/mol. The minimum atomic E-state index is -0.330. The quantitative estimate of drug-likeness (QED) is 0.667. The highest BCUT2D eigenvalue weighted by Gasteiger charge is 2.41. The van der Waals surface area contributed by atoms with Gasteiger partial charge in [-0.15, -0.1) is 0 Å². The molecule has 0 unspecified atom stereocenters. The molecule has 1 aliphatic rings. The van der Waals surface area contributed by atoms with Gasteiger partial charge in [0.15, 0.2) is 0 Å². The van der Waals surface area contributed by atoms with Gasteiger partial charge in [-0.25, -0.2) is 0 Å². The van der Waals surface area contributed by atoms with Crippen LogP contribution in [0.5, 0.6) is 5.75 Å². The van der Waals surface area contributed by atoms with E-state index in [1.165, 1.54) is 4.90 Å². The molecule has 0 radical (unpaired) electrons. The fraction of sp³-hybridized carbons (Fsp3) is 0.333. The van der Waals surface area contributed by atoms with E-state index in [0.717, 1.165) is 24.5 Å². The van der Waals surface area contributed by atoms with Gasteiger partial charge in [0.25, 0.3) is 11.8 Å². The van der Waals surface area contributed by atoms with Crippen molar-refractivity contribution in [1.29, 1.82) is 0 Å². The van der Waals surface area contributed by atoms with Crippen molar-refractivity contribution in [3.05, 3.63) is 59.8 Å². The van der Waals surface area contributed by atoms with E-state index >= 15 is 0 Å². The topological polar surface area (TPSA) is 61.9 Å². The fourth-order valence-electron chi connectivity index (χ4n) is 3.72. The number of imide groups is 1. The smallest absolute Gasteiger partial charge is 0.278 e. The Morgan fingerprint density at radius 3 is 2.17 bits per heavy atom. The molecular formula is C24H29N3O3. The number of methoxy groups -OCH3 is 1. The average molecular weight is 408 g/mol. The normalized spacial score (nSPS) is 14.0. The van der Waals surface area contributed by atoms with Crippen molar-refractivity contribution in [3.8, 4) is 5.75 Å².